The van der Waals surface area contributed by atoms with Gasteiger partial charge in [-0.05, 0) is 54.5 Å². The largest absolute Gasteiger partial charge is 0.386 e. The summed E-state index contributed by atoms with van der Waals surface area (Å²) < 4.78 is 2.89. The second-order valence-corrected chi connectivity index (χ2v) is 6.92. The Bertz CT molecular complexity index is 416. The molecule has 0 saturated heterocycles. The van der Waals surface area contributed by atoms with Gasteiger partial charge in [0.1, 0.15) is 0 Å². The molecule has 1 saturated carbocycles. The SMILES string of the molecule is CCC1CCCC(C(O)c2c(Br)cnn2C(C)C)C1. The Morgan fingerprint density at radius 3 is 2.84 bits per heavy atom. The van der Waals surface area contributed by atoms with E-state index in [-0.39, 0.29) is 6.04 Å². The van der Waals surface area contributed by atoms with Crippen LogP contribution in [0.4, 0.5) is 0 Å². The Labute approximate surface area is 124 Å². The molecule has 0 aromatic carbocycles. The predicted octanol–water partition coefficient (Wildman–Crippen LogP) is 4.48. The fourth-order valence-corrected chi connectivity index (χ4v) is 3.76. The lowest BCUT2D eigenvalue weighted by atomic mass is 9.77. The van der Waals surface area contributed by atoms with Crippen molar-refractivity contribution in [3.05, 3.63) is 16.4 Å². The molecule has 1 aliphatic carbocycles. The van der Waals surface area contributed by atoms with Gasteiger partial charge >= 0.3 is 0 Å². The fraction of sp³-hybridized carbons (Fsp3) is 0.800. The molecule has 1 aromatic heterocycles. The second kappa shape index (κ2) is 6.40. The van der Waals surface area contributed by atoms with Crippen LogP contribution in [0, 0.1) is 11.8 Å². The Morgan fingerprint density at radius 2 is 2.21 bits per heavy atom. The summed E-state index contributed by atoms with van der Waals surface area (Å²) in [6.45, 7) is 6.46. The van der Waals surface area contributed by atoms with E-state index in [0.29, 0.717) is 5.92 Å². The van der Waals surface area contributed by atoms with Crippen molar-refractivity contribution in [2.45, 2.75) is 65.0 Å². The van der Waals surface area contributed by atoms with Crippen LogP contribution in [-0.4, -0.2) is 14.9 Å². The van der Waals surface area contributed by atoms with Crippen LogP contribution < -0.4 is 0 Å². The van der Waals surface area contributed by atoms with Crippen LogP contribution in [0.15, 0.2) is 10.7 Å². The topological polar surface area (TPSA) is 38.1 Å². The van der Waals surface area contributed by atoms with E-state index in [1.807, 2.05) is 4.68 Å². The molecule has 2 rings (SSSR count). The van der Waals surface area contributed by atoms with E-state index in [4.69, 9.17) is 0 Å². The third-order valence-electron chi connectivity index (χ3n) is 4.40. The first-order valence-corrected chi connectivity index (χ1v) is 8.24. The quantitative estimate of drug-likeness (QED) is 0.885. The fourth-order valence-electron chi connectivity index (χ4n) is 3.25. The molecule has 3 atom stereocenters. The van der Waals surface area contributed by atoms with Gasteiger partial charge in [-0.15, -0.1) is 0 Å². The summed E-state index contributed by atoms with van der Waals surface area (Å²) >= 11 is 3.54. The smallest absolute Gasteiger partial charge is 0.0996 e. The summed E-state index contributed by atoms with van der Waals surface area (Å²) in [5.41, 5.74) is 0.955. The molecule has 1 heterocycles. The van der Waals surface area contributed by atoms with E-state index in [1.54, 1.807) is 6.20 Å². The van der Waals surface area contributed by atoms with E-state index >= 15 is 0 Å². The highest BCUT2D eigenvalue weighted by Crippen LogP contribution is 2.40. The van der Waals surface area contributed by atoms with Crippen molar-refractivity contribution in [2.75, 3.05) is 0 Å². The summed E-state index contributed by atoms with van der Waals surface area (Å²) in [4.78, 5) is 0. The van der Waals surface area contributed by atoms with E-state index in [0.717, 1.165) is 28.9 Å². The third kappa shape index (κ3) is 3.22. The normalized spacial score (nSPS) is 25.8. The van der Waals surface area contributed by atoms with E-state index in [1.165, 1.54) is 19.3 Å². The zero-order chi connectivity index (χ0) is 14.0. The number of nitrogens with zero attached hydrogens (tertiary/aromatic N) is 2. The van der Waals surface area contributed by atoms with Gasteiger partial charge in [0, 0.05) is 6.04 Å². The number of hydrogen-bond donors (Lipinski definition) is 1. The van der Waals surface area contributed by atoms with Crippen molar-refractivity contribution in [2.24, 2.45) is 11.8 Å². The maximum atomic E-state index is 10.8. The van der Waals surface area contributed by atoms with Gasteiger partial charge < -0.3 is 5.11 Å². The zero-order valence-electron chi connectivity index (χ0n) is 12.1. The maximum absolute atomic E-state index is 10.8. The van der Waals surface area contributed by atoms with Crippen LogP contribution in [0.3, 0.4) is 0 Å². The average Bonchev–Trinajstić information content (AvgIpc) is 2.80. The maximum Gasteiger partial charge on any atom is 0.0996 e. The summed E-state index contributed by atoms with van der Waals surface area (Å²) in [5.74, 6) is 1.16. The highest BCUT2D eigenvalue weighted by Gasteiger charge is 2.31. The number of aromatic nitrogens is 2. The molecule has 3 unspecified atom stereocenters. The van der Waals surface area contributed by atoms with Crippen LogP contribution >= 0.6 is 15.9 Å². The first-order valence-electron chi connectivity index (χ1n) is 7.45. The summed E-state index contributed by atoms with van der Waals surface area (Å²) in [5, 5.41) is 15.1. The van der Waals surface area contributed by atoms with E-state index in [2.05, 4.69) is 41.8 Å². The van der Waals surface area contributed by atoms with Gasteiger partial charge in [0.05, 0.1) is 22.5 Å². The van der Waals surface area contributed by atoms with E-state index < -0.39 is 6.10 Å². The minimum Gasteiger partial charge on any atom is -0.386 e. The Kier molecular flexibility index (Phi) is 5.07. The lowest BCUT2D eigenvalue weighted by Gasteiger charge is -2.32. The van der Waals surface area contributed by atoms with Crippen molar-refractivity contribution in [3.8, 4) is 0 Å². The number of aliphatic hydroxyl groups excluding tert-OH is 1. The lowest BCUT2D eigenvalue weighted by molar-refractivity contribution is 0.0592. The molecule has 1 fully saturated rings. The second-order valence-electron chi connectivity index (χ2n) is 6.06. The van der Waals surface area contributed by atoms with Gasteiger partial charge in [0.15, 0.2) is 0 Å². The standard InChI is InChI=1S/C15H25BrN2O/c1-4-11-6-5-7-12(8-11)15(19)14-13(16)9-17-18(14)10(2)3/h9-12,15,19H,4-8H2,1-3H3. The van der Waals surface area contributed by atoms with Crippen molar-refractivity contribution in [3.63, 3.8) is 0 Å². The number of hydrogen-bond acceptors (Lipinski definition) is 2. The first kappa shape index (κ1) is 15.0. The predicted molar refractivity (Wildman–Crippen MR) is 81.0 cm³/mol. The molecule has 1 N–H and O–H groups in total. The number of halogens is 1. The highest BCUT2D eigenvalue weighted by molar-refractivity contribution is 9.10. The Balaban J connectivity index is 2.19. The Morgan fingerprint density at radius 1 is 1.47 bits per heavy atom. The number of aliphatic hydroxyl groups is 1. The van der Waals surface area contributed by atoms with Crippen molar-refractivity contribution in [1.29, 1.82) is 0 Å². The molecule has 1 aromatic rings. The van der Waals surface area contributed by atoms with Gasteiger partial charge in [0.2, 0.25) is 0 Å². The van der Waals surface area contributed by atoms with E-state index in [9.17, 15) is 5.11 Å². The molecule has 3 nitrogen and oxygen atoms in total. The molecule has 0 radical (unpaired) electrons. The first-order chi connectivity index (χ1) is 9.04. The van der Waals surface area contributed by atoms with Gasteiger partial charge in [0.25, 0.3) is 0 Å². The third-order valence-corrected chi connectivity index (χ3v) is 5.01. The molecule has 108 valence electrons. The average molecular weight is 329 g/mol. The van der Waals surface area contributed by atoms with Crippen LogP contribution in [0.25, 0.3) is 0 Å². The molecule has 1 aliphatic rings. The molecular formula is C15H25BrN2O. The summed E-state index contributed by atoms with van der Waals surface area (Å²) in [6.07, 6.45) is 7.49. The minimum absolute atomic E-state index is 0.279. The summed E-state index contributed by atoms with van der Waals surface area (Å²) in [6, 6.07) is 0.279. The molecule has 0 spiro atoms. The van der Waals surface area contributed by atoms with Crippen LogP contribution in [0.1, 0.15) is 70.7 Å². The zero-order valence-corrected chi connectivity index (χ0v) is 13.7. The van der Waals surface area contributed by atoms with Crippen molar-refractivity contribution in [1.82, 2.24) is 9.78 Å². The molecular weight excluding hydrogens is 304 g/mol. The van der Waals surface area contributed by atoms with Gasteiger partial charge in [-0.25, -0.2) is 0 Å². The van der Waals surface area contributed by atoms with Gasteiger partial charge in [-0.3, -0.25) is 4.68 Å². The lowest BCUT2D eigenvalue weighted by Crippen LogP contribution is -2.24. The molecule has 19 heavy (non-hydrogen) atoms. The Hall–Kier alpha value is -0.350. The molecule has 4 heteroatoms. The molecule has 0 aliphatic heterocycles. The van der Waals surface area contributed by atoms with Crippen molar-refractivity contribution < 1.29 is 5.11 Å². The van der Waals surface area contributed by atoms with Crippen molar-refractivity contribution >= 4 is 15.9 Å². The van der Waals surface area contributed by atoms with Gasteiger partial charge in [-0.1, -0.05) is 26.2 Å². The van der Waals surface area contributed by atoms with Crippen LogP contribution in [0.2, 0.25) is 0 Å². The van der Waals surface area contributed by atoms with Gasteiger partial charge in [-0.2, -0.15) is 5.10 Å². The number of rotatable bonds is 4. The minimum atomic E-state index is -0.395. The van der Waals surface area contributed by atoms with Crippen LogP contribution in [0.5, 0.6) is 0 Å². The van der Waals surface area contributed by atoms with Crippen LogP contribution in [-0.2, 0) is 0 Å². The monoisotopic (exact) mass is 328 g/mol. The molecule has 0 bridgehead atoms. The summed E-state index contributed by atoms with van der Waals surface area (Å²) in [7, 11) is 0. The highest BCUT2D eigenvalue weighted by atomic mass is 79.9. The molecule has 0 amide bonds.